The third kappa shape index (κ3) is 2.95. The fourth-order valence-electron chi connectivity index (χ4n) is 3.17. The van der Waals surface area contributed by atoms with Crippen LogP contribution in [0.2, 0.25) is 0 Å². The van der Waals surface area contributed by atoms with Crippen molar-refractivity contribution in [2.75, 3.05) is 31.1 Å². The monoisotopic (exact) mass is 341 g/mol. The molecule has 2 aromatic heterocycles. The third-order valence-electron chi connectivity index (χ3n) is 4.47. The van der Waals surface area contributed by atoms with E-state index in [9.17, 15) is 9.59 Å². The van der Waals surface area contributed by atoms with E-state index in [0.29, 0.717) is 30.2 Å². The lowest BCUT2D eigenvalue weighted by Gasteiger charge is -2.28. The maximum atomic E-state index is 12.9. The Labute approximate surface area is 144 Å². The minimum Gasteiger partial charge on any atom is -0.446 e. The molecular weight excluding hydrogens is 322 g/mol. The highest BCUT2D eigenvalue weighted by molar-refractivity contribution is 5.87. The van der Waals surface area contributed by atoms with Crippen LogP contribution in [0.1, 0.15) is 24.8 Å². The summed E-state index contributed by atoms with van der Waals surface area (Å²) in [5.74, 6) is 0.632. The van der Waals surface area contributed by atoms with Crippen LogP contribution >= 0.6 is 0 Å². The van der Waals surface area contributed by atoms with Gasteiger partial charge in [0.2, 0.25) is 0 Å². The number of anilines is 1. The highest BCUT2D eigenvalue weighted by Crippen LogP contribution is 2.20. The second kappa shape index (κ2) is 6.54. The van der Waals surface area contributed by atoms with Gasteiger partial charge in [0.15, 0.2) is 0 Å². The molecule has 8 nitrogen and oxygen atoms in total. The van der Waals surface area contributed by atoms with Gasteiger partial charge in [-0.25, -0.2) is 9.78 Å². The number of hydrogen-bond acceptors (Lipinski definition) is 6. The molecule has 0 saturated carbocycles. The summed E-state index contributed by atoms with van der Waals surface area (Å²) < 4.78 is 6.36. The van der Waals surface area contributed by atoms with Crippen molar-refractivity contribution in [1.82, 2.24) is 14.4 Å². The van der Waals surface area contributed by atoms with Gasteiger partial charge >= 0.3 is 6.09 Å². The molecule has 2 aromatic rings. The highest BCUT2D eigenvalue weighted by Gasteiger charge is 2.23. The number of carbonyl (C=O) groups is 1. The molecule has 2 aliphatic heterocycles. The minimum atomic E-state index is -0.496. The summed E-state index contributed by atoms with van der Waals surface area (Å²) in [5.41, 5.74) is 0.804. The quantitative estimate of drug-likeness (QED) is 0.790. The van der Waals surface area contributed by atoms with Crippen LogP contribution in [0.5, 0.6) is 0 Å². The van der Waals surface area contributed by atoms with E-state index >= 15 is 0 Å². The van der Waals surface area contributed by atoms with E-state index in [0.717, 1.165) is 25.9 Å². The first-order valence-corrected chi connectivity index (χ1v) is 8.49. The molecule has 0 atom stereocenters. The van der Waals surface area contributed by atoms with Crippen molar-refractivity contribution in [3.8, 4) is 0 Å². The van der Waals surface area contributed by atoms with Crippen molar-refractivity contribution < 1.29 is 9.53 Å². The summed E-state index contributed by atoms with van der Waals surface area (Å²) in [4.78, 5) is 31.3. The lowest BCUT2D eigenvalue weighted by molar-refractivity contribution is 0.159. The molecule has 0 radical (unpaired) electrons. The van der Waals surface area contributed by atoms with Crippen LogP contribution < -0.4 is 10.5 Å². The number of hydrazone groups is 1. The number of piperidine rings is 1. The number of ether oxygens (including phenoxy) is 1. The predicted octanol–water partition coefficient (Wildman–Crippen LogP) is 1.47. The molecule has 2 aliphatic rings. The molecule has 0 spiro atoms. The molecule has 0 aliphatic carbocycles. The molecule has 2 fully saturated rings. The summed E-state index contributed by atoms with van der Waals surface area (Å²) in [6.07, 6.45) is 5.96. The second-order valence-electron chi connectivity index (χ2n) is 6.11. The zero-order chi connectivity index (χ0) is 17.2. The first kappa shape index (κ1) is 15.6. The predicted molar refractivity (Wildman–Crippen MR) is 93.2 cm³/mol. The molecule has 130 valence electrons. The van der Waals surface area contributed by atoms with Gasteiger partial charge in [-0.05, 0) is 31.4 Å². The number of carbonyl (C=O) groups excluding carboxylic acids is 1. The Balaban J connectivity index is 1.81. The summed E-state index contributed by atoms with van der Waals surface area (Å²) in [6, 6.07) is 5.46. The van der Waals surface area contributed by atoms with Crippen molar-refractivity contribution in [3.05, 3.63) is 40.3 Å². The zero-order valence-electron chi connectivity index (χ0n) is 13.8. The SMILES string of the molecule is O=C1OCCN1/N=C/c1c(N2CCCCC2)nc2ccccn2c1=O. The maximum Gasteiger partial charge on any atom is 0.430 e. The van der Waals surface area contributed by atoms with Gasteiger partial charge in [-0.3, -0.25) is 9.20 Å². The van der Waals surface area contributed by atoms with Crippen molar-refractivity contribution in [3.63, 3.8) is 0 Å². The van der Waals surface area contributed by atoms with Crippen molar-refractivity contribution in [1.29, 1.82) is 0 Å². The average Bonchev–Trinajstić information content (AvgIpc) is 3.06. The molecule has 4 heterocycles. The van der Waals surface area contributed by atoms with E-state index in [1.54, 1.807) is 12.3 Å². The number of fused-ring (bicyclic) bond motifs is 1. The smallest absolute Gasteiger partial charge is 0.430 e. The number of rotatable bonds is 3. The van der Waals surface area contributed by atoms with Gasteiger partial charge in [-0.1, -0.05) is 6.07 Å². The van der Waals surface area contributed by atoms with Crippen molar-refractivity contribution in [2.24, 2.45) is 5.10 Å². The summed E-state index contributed by atoms with van der Waals surface area (Å²) >= 11 is 0. The van der Waals surface area contributed by atoms with Gasteiger partial charge in [0.25, 0.3) is 5.56 Å². The van der Waals surface area contributed by atoms with E-state index in [4.69, 9.17) is 4.74 Å². The zero-order valence-corrected chi connectivity index (χ0v) is 13.8. The molecule has 0 bridgehead atoms. The number of nitrogens with zero attached hydrogens (tertiary/aromatic N) is 5. The molecule has 25 heavy (non-hydrogen) atoms. The Kier molecular flexibility index (Phi) is 4.09. The van der Waals surface area contributed by atoms with Gasteiger partial charge < -0.3 is 9.64 Å². The fourth-order valence-corrected chi connectivity index (χ4v) is 3.17. The molecule has 4 rings (SSSR count). The van der Waals surface area contributed by atoms with Crippen LogP contribution in [0.25, 0.3) is 5.65 Å². The lowest BCUT2D eigenvalue weighted by Crippen LogP contribution is -2.34. The van der Waals surface area contributed by atoms with Crippen LogP contribution in [0.15, 0.2) is 34.3 Å². The minimum absolute atomic E-state index is 0.192. The molecule has 1 amide bonds. The number of pyridine rings is 1. The Hall–Kier alpha value is -2.90. The first-order valence-electron chi connectivity index (χ1n) is 8.49. The molecule has 0 unspecified atom stereocenters. The van der Waals surface area contributed by atoms with Gasteiger partial charge in [0.05, 0.1) is 12.8 Å². The van der Waals surface area contributed by atoms with E-state index in [1.807, 2.05) is 12.1 Å². The van der Waals surface area contributed by atoms with Gasteiger partial charge in [0, 0.05) is 19.3 Å². The van der Waals surface area contributed by atoms with E-state index in [2.05, 4.69) is 15.0 Å². The van der Waals surface area contributed by atoms with E-state index in [1.165, 1.54) is 22.0 Å². The second-order valence-corrected chi connectivity index (χ2v) is 6.11. The molecule has 0 aromatic carbocycles. The third-order valence-corrected chi connectivity index (χ3v) is 4.47. The Morgan fingerprint density at radius 2 is 1.96 bits per heavy atom. The Bertz CT molecular complexity index is 885. The van der Waals surface area contributed by atoms with Gasteiger partial charge in [0.1, 0.15) is 23.6 Å². The fraction of sp³-hybridized carbons (Fsp3) is 0.412. The van der Waals surface area contributed by atoms with Crippen molar-refractivity contribution >= 4 is 23.8 Å². The lowest BCUT2D eigenvalue weighted by atomic mass is 10.1. The summed E-state index contributed by atoms with van der Waals surface area (Å²) in [6.45, 7) is 2.42. The van der Waals surface area contributed by atoms with Crippen LogP contribution in [0, 0.1) is 0 Å². The standard InChI is InChI=1S/C17H19N5O3/c23-16-13(12-18-22-10-11-25-17(22)24)15(20-7-3-1-4-8-20)19-14-6-2-5-9-21(14)16/h2,5-6,9,12H,1,3-4,7-8,10-11H2/b18-12+. The average molecular weight is 341 g/mol. The highest BCUT2D eigenvalue weighted by atomic mass is 16.6. The van der Waals surface area contributed by atoms with Crippen LogP contribution in [0.3, 0.4) is 0 Å². The normalized spacial score (nSPS) is 18.3. The summed E-state index contributed by atoms with van der Waals surface area (Å²) in [7, 11) is 0. The number of cyclic esters (lactones) is 1. The largest absolute Gasteiger partial charge is 0.446 e. The van der Waals surface area contributed by atoms with E-state index in [-0.39, 0.29) is 5.56 Å². The first-order chi connectivity index (χ1) is 12.2. The number of aromatic nitrogens is 2. The maximum absolute atomic E-state index is 12.9. The van der Waals surface area contributed by atoms with Crippen LogP contribution in [0.4, 0.5) is 10.6 Å². The topological polar surface area (TPSA) is 79.5 Å². The molecule has 8 heteroatoms. The van der Waals surface area contributed by atoms with Gasteiger partial charge in [-0.2, -0.15) is 10.1 Å². The molecule has 0 N–H and O–H groups in total. The molecule has 2 saturated heterocycles. The van der Waals surface area contributed by atoms with Crippen molar-refractivity contribution in [2.45, 2.75) is 19.3 Å². The van der Waals surface area contributed by atoms with Crippen LogP contribution in [-0.4, -0.2) is 52.9 Å². The number of amides is 1. The van der Waals surface area contributed by atoms with Crippen LogP contribution in [-0.2, 0) is 4.74 Å². The summed E-state index contributed by atoms with van der Waals surface area (Å²) in [5, 5.41) is 5.37. The van der Waals surface area contributed by atoms with Gasteiger partial charge in [-0.15, -0.1) is 0 Å². The Morgan fingerprint density at radius 3 is 2.72 bits per heavy atom. The van der Waals surface area contributed by atoms with E-state index < -0.39 is 6.09 Å². The number of hydrogen-bond donors (Lipinski definition) is 0. The molecular formula is C17H19N5O3. The Morgan fingerprint density at radius 1 is 1.12 bits per heavy atom.